The quantitative estimate of drug-likeness (QED) is 0.362. The molecule has 0 amide bonds. The molecule has 0 aromatic heterocycles. The molecular weight excluding hydrogens is 449 g/mol. The Hall–Kier alpha value is -0.880. The lowest BCUT2D eigenvalue weighted by Gasteiger charge is -2.30. The molecule has 1 fully saturated rings. The largest absolute Gasteiger partial charge is 0.461 e. The van der Waals surface area contributed by atoms with Gasteiger partial charge in [0.05, 0.1) is 5.92 Å². The second-order valence-electron chi connectivity index (χ2n) is 6.58. The van der Waals surface area contributed by atoms with E-state index in [-0.39, 0.29) is 12.8 Å². The maximum absolute atomic E-state index is 12.8. The highest BCUT2D eigenvalue weighted by Gasteiger charge is 2.46. The average molecular weight is 469 g/mol. The smallest absolute Gasteiger partial charge is 0.426 e. The fourth-order valence-electron chi connectivity index (χ4n) is 2.38. The van der Waals surface area contributed by atoms with E-state index < -0.39 is 56.4 Å². The van der Waals surface area contributed by atoms with Crippen molar-refractivity contribution < 1.29 is 45.2 Å². The molecule has 0 radical (unpaired) electrons. The van der Waals surface area contributed by atoms with Crippen molar-refractivity contribution in [2.24, 2.45) is 5.92 Å². The van der Waals surface area contributed by atoms with Crippen LogP contribution in [0.15, 0.2) is 0 Å². The average Bonchev–Trinajstić information content (AvgIpc) is 2.43. The van der Waals surface area contributed by atoms with Gasteiger partial charge in [-0.15, -0.1) is 0 Å². The van der Waals surface area contributed by atoms with Gasteiger partial charge in [-0.1, -0.05) is 15.9 Å². The Kier molecular flexibility index (Phi) is 7.50. The van der Waals surface area contributed by atoms with Crippen LogP contribution in [0.4, 0.5) is 13.2 Å². The van der Waals surface area contributed by atoms with Gasteiger partial charge in [0.2, 0.25) is 6.10 Å². The first-order chi connectivity index (χ1) is 11.6. The number of ether oxygens (including phenoxy) is 2. The predicted octanol–water partition coefficient (Wildman–Crippen LogP) is 2.62. The van der Waals surface area contributed by atoms with Crippen molar-refractivity contribution in [3.05, 3.63) is 0 Å². The van der Waals surface area contributed by atoms with Gasteiger partial charge in [-0.25, -0.2) is 0 Å². The van der Waals surface area contributed by atoms with Gasteiger partial charge in [0.25, 0.3) is 10.1 Å². The van der Waals surface area contributed by atoms with Crippen LogP contribution in [0.25, 0.3) is 0 Å². The summed E-state index contributed by atoms with van der Waals surface area (Å²) in [4.78, 5) is 23.9. The zero-order valence-corrected chi connectivity index (χ0v) is 16.5. The zero-order valence-electron chi connectivity index (χ0n) is 14.1. The van der Waals surface area contributed by atoms with Crippen molar-refractivity contribution in [1.29, 1.82) is 0 Å². The van der Waals surface area contributed by atoms with Gasteiger partial charge in [-0.3, -0.25) is 14.1 Å². The summed E-state index contributed by atoms with van der Waals surface area (Å²) in [6, 6.07) is 0. The van der Waals surface area contributed by atoms with Crippen LogP contribution in [0.1, 0.15) is 39.5 Å². The SMILES string of the molecule is CC(C)(Br)C(=O)OC1CCCC(C(=O)OC(CS(=O)(=O)O)C(F)(F)F)C1. The summed E-state index contributed by atoms with van der Waals surface area (Å²) in [6.07, 6.45) is -7.69. The van der Waals surface area contributed by atoms with E-state index in [1.165, 1.54) is 0 Å². The van der Waals surface area contributed by atoms with Gasteiger partial charge in [-0.2, -0.15) is 21.6 Å². The monoisotopic (exact) mass is 468 g/mol. The Bertz CT molecular complexity index is 627. The van der Waals surface area contributed by atoms with Crippen LogP contribution < -0.4 is 0 Å². The summed E-state index contributed by atoms with van der Waals surface area (Å²) in [5, 5.41) is 0. The zero-order chi connectivity index (χ0) is 20.3. The number of rotatable bonds is 6. The third-order valence-electron chi connectivity index (χ3n) is 3.70. The van der Waals surface area contributed by atoms with Crippen molar-refractivity contribution >= 4 is 38.0 Å². The van der Waals surface area contributed by atoms with Gasteiger partial charge in [0.1, 0.15) is 16.2 Å². The molecule has 1 N–H and O–H groups in total. The molecule has 0 bridgehead atoms. The Balaban J connectivity index is 2.74. The first-order valence-corrected chi connectivity index (χ1v) is 10.1. The lowest BCUT2D eigenvalue weighted by atomic mass is 9.87. The standard InChI is InChI=1S/C14H20BrF3O7S/c1-13(2,15)12(20)24-9-5-3-4-8(6-9)11(19)25-10(14(16,17)18)7-26(21,22)23/h8-10H,3-7H2,1-2H3,(H,21,22,23). The van der Waals surface area contributed by atoms with Crippen molar-refractivity contribution in [3.63, 3.8) is 0 Å². The summed E-state index contributed by atoms with van der Waals surface area (Å²) in [6.45, 7) is 3.13. The first-order valence-electron chi connectivity index (χ1n) is 7.72. The second-order valence-corrected chi connectivity index (χ2v) is 10.1. The minimum Gasteiger partial charge on any atom is -0.461 e. The lowest BCUT2D eigenvalue weighted by molar-refractivity contribution is -0.218. The number of hydrogen-bond acceptors (Lipinski definition) is 6. The molecule has 0 aliphatic heterocycles. The lowest BCUT2D eigenvalue weighted by Crippen LogP contribution is -2.42. The van der Waals surface area contributed by atoms with Crippen LogP contribution in [0.2, 0.25) is 0 Å². The number of hydrogen-bond donors (Lipinski definition) is 1. The van der Waals surface area contributed by atoms with E-state index in [0.29, 0.717) is 12.8 Å². The van der Waals surface area contributed by atoms with Crippen molar-refractivity contribution in [1.82, 2.24) is 0 Å². The molecule has 0 heterocycles. The molecule has 0 spiro atoms. The molecular formula is C14H20BrF3O7S. The van der Waals surface area contributed by atoms with Gasteiger partial charge in [0, 0.05) is 0 Å². The van der Waals surface area contributed by atoms with Gasteiger partial charge < -0.3 is 9.47 Å². The third-order valence-corrected chi connectivity index (χ3v) is 4.75. The van der Waals surface area contributed by atoms with Crippen LogP contribution in [-0.4, -0.2) is 53.4 Å². The fourth-order valence-corrected chi connectivity index (χ4v) is 3.11. The molecule has 152 valence electrons. The summed E-state index contributed by atoms with van der Waals surface area (Å²) < 4.78 is 77.1. The molecule has 3 unspecified atom stereocenters. The van der Waals surface area contributed by atoms with Crippen molar-refractivity contribution in [2.45, 2.75) is 62.2 Å². The molecule has 0 aromatic carbocycles. The first kappa shape index (κ1) is 23.2. The number of esters is 2. The maximum Gasteiger partial charge on any atom is 0.426 e. The Morgan fingerprint density at radius 1 is 1.27 bits per heavy atom. The van der Waals surface area contributed by atoms with Gasteiger partial charge in [-0.05, 0) is 39.5 Å². The topological polar surface area (TPSA) is 107 Å². The Morgan fingerprint density at radius 2 is 1.85 bits per heavy atom. The van der Waals surface area contributed by atoms with E-state index >= 15 is 0 Å². The van der Waals surface area contributed by atoms with Crippen LogP contribution in [0.5, 0.6) is 0 Å². The van der Waals surface area contributed by atoms with Crippen LogP contribution in [0.3, 0.4) is 0 Å². The van der Waals surface area contributed by atoms with E-state index in [9.17, 15) is 31.2 Å². The predicted molar refractivity (Wildman–Crippen MR) is 87.2 cm³/mol. The summed E-state index contributed by atoms with van der Waals surface area (Å²) in [5.74, 6) is -4.55. The third kappa shape index (κ3) is 7.78. The highest BCUT2D eigenvalue weighted by Crippen LogP contribution is 2.31. The van der Waals surface area contributed by atoms with E-state index in [1.807, 2.05) is 0 Å². The molecule has 1 aliphatic rings. The number of alkyl halides is 4. The van der Waals surface area contributed by atoms with Crippen molar-refractivity contribution in [3.8, 4) is 0 Å². The minimum absolute atomic E-state index is 0.0237. The van der Waals surface area contributed by atoms with Crippen LogP contribution >= 0.6 is 15.9 Å². The normalized spacial score (nSPS) is 23.2. The van der Waals surface area contributed by atoms with Crippen LogP contribution in [0, 0.1) is 5.92 Å². The number of halogens is 4. The summed E-state index contributed by atoms with van der Waals surface area (Å²) in [5.41, 5.74) is 0. The minimum atomic E-state index is -5.15. The van der Waals surface area contributed by atoms with E-state index in [2.05, 4.69) is 20.7 Å². The Labute approximate surface area is 157 Å². The molecule has 7 nitrogen and oxygen atoms in total. The fraction of sp³-hybridized carbons (Fsp3) is 0.857. The number of carbonyl (C=O) groups is 2. The maximum atomic E-state index is 12.8. The summed E-state index contributed by atoms with van der Waals surface area (Å²) >= 11 is 3.13. The molecule has 26 heavy (non-hydrogen) atoms. The molecule has 0 saturated heterocycles. The molecule has 1 aliphatic carbocycles. The highest BCUT2D eigenvalue weighted by molar-refractivity contribution is 9.10. The van der Waals surface area contributed by atoms with E-state index in [0.717, 1.165) is 0 Å². The molecule has 1 saturated carbocycles. The summed E-state index contributed by atoms with van der Waals surface area (Å²) in [7, 11) is -5.00. The van der Waals surface area contributed by atoms with Crippen molar-refractivity contribution in [2.75, 3.05) is 5.75 Å². The highest BCUT2D eigenvalue weighted by atomic mass is 79.9. The number of carbonyl (C=O) groups excluding carboxylic acids is 2. The molecule has 0 aromatic rings. The van der Waals surface area contributed by atoms with E-state index in [4.69, 9.17) is 9.29 Å². The molecule has 1 rings (SSSR count). The second kappa shape index (κ2) is 8.42. The van der Waals surface area contributed by atoms with Gasteiger partial charge in [0.15, 0.2) is 0 Å². The van der Waals surface area contributed by atoms with Gasteiger partial charge >= 0.3 is 18.1 Å². The van der Waals surface area contributed by atoms with E-state index in [1.54, 1.807) is 13.8 Å². The molecule has 3 atom stereocenters. The van der Waals surface area contributed by atoms with Crippen LogP contribution in [-0.2, 0) is 29.2 Å². The molecule has 12 heteroatoms. The Morgan fingerprint density at radius 3 is 2.31 bits per heavy atom.